The van der Waals surface area contributed by atoms with Gasteiger partial charge in [-0.3, -0.25) is 0 Å². The summed E-state index contributed by atoms with van der Waals surface area (Å²) in [6.45, 7) is 9.29. The van der Waals surface area contributed by atoms with Crippen LogP contribution in [0.1, 0.15) is 193 Å². The topological polar surface area (TPSA) is 31.6 Å². The Morgan fingerprint density at radius 3 is 0.929 bits per heavy atom. The molecule has 4 aromatic carbocycles. The third-order valence-corrected chi connectivity index (χ3v) is 13.4. The summed E-state index contributed by atoms with van der Waals surface area (Å²) in [5.74, 6) is 1.57. The van der Waals surface area contributed by atoms with E-state index in [1.54, 1.807) is 0 Å². The molecule has 2 nitrogen and oxygen atoms in total. The molecule has 2 aromatic heterocycles. The molecule has 0 spiro atoms. The van der Waals surface area contributed by atoms with Crippen LogP contribution in [-0.2, 0) is 12.8 Å². The highest BCUT2D eigenvalue weighted by Gasteiger charge is 2.16. The highest BCUT2D eigenvalue weighted by molar-refractivity contribution is 6.24. The number of nitrogens with one attached hydrogen (secondary N) is 2. The Morgan fingerprint density at radius 2 is 0.589 bits per heavy atom. The maximum absolute atomic E-state index is 3.89. The summed E-state index contributed by atoms with van der Waals surface area (Å²) in [4.78, 5) is 7.77. The largest absolute Gasteiger partial charge is 0.358 e. The van der Waals surface area contributed by atoms with Crippen LogP contribution in [0.2, 0.25) is 0 Å². The Balaban J connectivity index is 1.20. The molecule has 0 aliphatic carbocycles. The minimum absolute atomic E-state index is 0.785. The number of aromatic nitrogens is 2. The second-order valence-corrected chi connectivity index (χ2v) is 18.0. The van der Waals surface area contributed by atoms with Crippen molar-refractivity contribution < 1.29 is 0 Å². The number of hydrogen-bond donors (Lipinski definition) is 2. The zero-order valence-corrected chi connectivity index (χ0v) is 36.3. The lowest BCUT2D eigenvalue weighted by Crippen LogP contribution is -2.05. The van der Waals surface area contributed by atoms with E-state index in [2.05, 4.69) is 98.3 Å². The fourth-order valence-electron chi connectivity index (χ4n) is 10.1. The Morgan fingerprint density at radius 1 is 0.321 bits per heavy atom. The molecule has 0 fully saturated rings. The zero-order chi connectivity index (χ0) is 39.0. The Kier molecular flexibility index (Phi) is 17.1. The first-order chi connectivity index (χ1) is 27.6. The minimum atomic E-state index is 0.785. The van der Waals surface area contributed by atoms with E-state index in [9.17, 15) is 0 Å². The van der Waals surface area contributed by atoms with Gasteiger partial charge >= 0.3 is 0 Å². The maximum atomic E-state index is 3.89. The normalized spacial score (nSPS) is 13.3. The summed E-state index contributed by atoms with van der Waals surface area (Å²) in [6, 6.07) is 24.1. The second kappa shape index (κ2) is 22.6. The van der Waals surface area contributed by atoms with Crippen LogP contribution in [0.3, 0.4) is 0 Å². The van der Waals surface area contributed by atoms with E-state index in [0.717, 1.165) is 11.8 Å². The first kappa shape index (κ1) is 42.3. The van der Waals surface area contributed by atoms with Gasteiger partial charge in [-0.05, 0) is 81.3 Å². The van der Waals surface area contributed by atoms with Gasteiger partial charge in [-0.1, -0.05) is 218 Å². The quantitative estimate of drug-likeness (QED) is 0.0369. The third-order valence-electron chi connectivity index (χ3n) is 13.4. The fraction of sp³-hybridized carbons (Fsp3) is 0.593. The van der Waals surface area contributed by atoms with E-state index in [4.69, 9.17) is 0 Å². The van der Waals surface area contributed by atoms with Crippen LogP contribution in [0.25, 0.3) is 54.1 Å². The number of benzene rings is 4. The average Bonchev–Trinajstić information content (AvgIpc) is 3.83. The van der Waals surface area contributed by atoms with Crippen molar-refractivity contribution in [1.29, 1.82) is 0 Å². The van der Waals surface area contributed by atoms with E-state index in [-0.39, 0.29) is 0 Å². The molecule has 2 heteroatoms. The van der Waals surface area contributed by atoms with Crippen LogP contribution in [0.15, 0.2) is 60.7 Å². The van der Waals surface area contributed by atoms with Crippen LogP contribution in [0, 0.1) is 11.8 Å². The molecule has 6 rings (SSSR count). The molecular weight excluding hydrogens is 677 g/mol. The molecule has 0 radical (unpaired) electrons. The van der Waals surface area contributed by atoms with Gasteiger partial charge in [0.25, 0.3) is 0 Å². The van der Waals surface area contributed by atoms with Crippen molar-refractivity contribution in [2.45, 2.75) is 195 Å². The standard InChI is InChI=1S/C54H78N2/c1-5-9-13-17-19-23-27-41(25-21-15-11-7-3)37-43-39-51-49-31-29-46-45(47(49)33-35-53(51)55-43)30-32-50-48(46)34-36-54-52(50)40-44(56-54)38-42(26-22-16-12-8-4)28-24-20-18-14-10-6-2/h29-36,39-42,55-56H,5-28,37-38H2,1-4H3. The molecule has 56 heavy (non-hydrogen) atoms. The van der Waals surface area contributed by atoms with Crippen molar-refractivity contribution in [2.75, 3.05) is 0 Å². The van der Waals surface area contributed by atoms with Gasteiger partial charge in [-0.25, -0.2) is 0 Å². The molecular formula is C54H78N2. The zero-order valence-electron chi connectivity index (χ0n) is 36.3. The molecule has 0 saturated heterocycles. The van der Waals surface area contributed by atoms with Crippen LogP contribution in [0.4, 0.5) is 0 Å². The first-order valence-electron chi connectivity index (χ1n) is 24.0. The lowest BCUT2D eigenvalue weighted by molar-refractivity contribution is 0.400. The average molecular weight is 755 g/mol. The van der Waals surface area contributed by atoms with E-state index >= 15 is 0 Å². The van der Waals surface area contributed by atoms with Crippen LogP contribution >= 0.6 is 0 Å². The van der Waals surface area contributed by atoms with Gasteiger partial charge in [0.15, 0.2) is 0 Å². The van der Waals surface area contributed by atoms with Gasteiger partial charge in [-0.2, -0.15) is 0 Å². The molecule has 0 bridgehead atoms. The lowest BCUT2D eigenvalue weighted by atomic mass is 9.90. The SMILES string of the molecule is CCCCCCCCC(CCCCCC)Cc1cc2c(ccc3c2ccc2c4ccc5[nH]c(CC(CCCCCC)CCCCCCCC)cc5c4ccc32)[nH]1. The van der Waals surface area contributed by atoms with Crippen molar-refractivity contribution in [1.82, 2.24) is 9.97 Å². The molecule has 6 aromatic rings. The van der Waals surface area contributed by atoms with E-state index in [0.29, 0.717) is 0 Å². The predicted octanol–water partition coefficient (Wildman–Crippen LogP) is 17.9. The molecule has 2 heterocycles. The van der Waals surface area contributed by atoms with Gasteiger partial charge in [0.05, 0.1) is 0 Å². The Bertz CT molecular complexity index is 1890. The Labute approximate surface area is 341 Å². The number of aromatic amines is 2. The highest BCUT2D eigenvalue weighted by Crippen LogP contribution is 2.38. The molecule has 0 saturated carbocycles. The number of hydrogen-bond acceptors (Lipinski definition) is 0. The van der Waals surface area contributed by atoms with E-state index in [1.807, 2.05) is 0 Å². The van der Waals surface area contributed by atoms with Gasteiger partial charge in [0.2, 0.25) is 0 Å². The number of rotatable bonds is 28. The van der Waals surface area contributed by atoms with Gasteiger partial charge < -0.3 is 9.97 Å². The molecule has 2 N–H and O–H groups in total. The van der Waals surface area contributed by atoms with Crippen molar-refractivity contribution in [2.24, 2.45) is 11.8 Å². The van der Waals surface area contributed by atoms with Gasteiger partial charge in [-0.15, -0.1) is 0 Å². The van der Waals surface area contributed by atoms with E-state index in [1.165, 1.54) is 232 Å². The summed E-state index contributed by atoms with van der Waals surface area (Å²) < 4.78 is 0. The van der Waals surface area contributed by atoms with Crippen molar-refractivity contribution in [3.63, 3.8) is 0 Å². The first-order valence-corrected chi connectivity index (χ1v) is 24.0. The van der Waals surface area contributed by atoms with E-state index < -0.39 is 0 Å². The minimum Gasteiger partial charge on any atom is -0.358 e. The monoisotopic (exact) mass is 755 g/mol. The molecule has 304 valence electrons. The molecule has 0 amide bonds. The summed E-state index contributed by atoms with van der Waals surface area (Å²) in [7, 11) is 0. The smallest absolute Gasteiger partial charge is 0.0462 e. The van der Waals surface area contributed by atoms with Crippen molar-refractivity contribution in [3.05, 3.63) is 72.1 Å². The molecule has 2 unspecified atom stereocenters. The van der Waals surface area contributed by atoms with Crippen LogP contribution in [0.5, 0.6) is 0 Å². The van der Waals surface area contributed by atoms with Crippen LogP contribution < -0.4 is 0 Å². The Hall–Kier alpha value is -3.26. The van der Waals surface area contributed by atoms with Crippen molar-refractivity contribution >= 4 is 54.1 Å². The van der Waals surface area contributed by atoms with Gasteiger partial charge in [0.1, 0.15) is 0 Å². The maximum Gasteiger partial charge on any atom is 0.0462 e. The molecule has 2 atom stereocenters. The predicted molar refractivity (Wildman–Crippen MR) is 251 cm³/mol. The highest BCUT2D eigenvalue weighted by atomic mass is 14.7. The third kappa shape index (κ3) is 11.4. The van der Waals surface area contributed by atoms with Crippen molar-refractivity contribution in [3.8, 4) is 0 Å². The van der Waals surface area contributed by atoms with Gasteiger partial charge in [0, 0.05) is 33.2 Å². The summed E-state index contributed by atoms with van der Waals surface area (Å²) in [6.07, 6.45) is 35.5. The number of fused-ring (bicyclic) bond motifs is 9. The number of H-pyrrole nitrogens is 2. The fourth-order valence-corrected chi connectivity index (χ4v) is 10.1. The number of unbranched alkanes of at least 4 members (excludes halogenated alkanes) is 16. The summed E-state index contributed by atoms with van der Waals surface area (Å²) >= 11 is 0. The summed E-state index contributed by atoms with van der Waals surface area (Å²) in [5, 5.41) is 11.0. The summed E-state index contributed by atoms with van der Waals surface area (Å²) in [5.41, 5.74) is 5.44. The molecule has 0 aliphatic rings. The lowest BCUT2D eigenvalue weighted by Gasteiger charge is -2.16. The van der Waals surface area contributed by atoms with Crippen LogP contribution in [-0.4, -0.2) is 9.97 Å². The second-order valence-electron chi connectivity index (χ2n) is 18.0. The molecule has 0 aliphatic heterocycles.